The van der Waals surface area contributed by atoms with E-state index in [2.05, 4.69) is 9.71 Å². The van der Waals surface area contributed by atoms with E-state index in [9.17, 15) is 18.0 Å². The van der Waals surface area contributed by atoms with Gasteiger partial charge in [0.25, 0.3) is 10.0 Å². The van der Waals surface area contributed by atoms with Gasteiger partial charge in [-0.15, -0.1) is 11.3 Å². The lowest BCUT2D eigenvalue weighted by molar-refractivity contribution is -0.122. The Hall–Kier alpha value is -2.75. The van der Waals surface area contributed by atoms with Gasteiger partial charge in [-0.25, -0.2) is 13.4 Å². The summed E-state index contributed by atoms with van der Waals surface area (Å²) in [6, 6.07) is 11.5. The van der Waals surface area contributed by atoms with E-state index in [1.165, 1.54) is 46.7 Å². The zero-order valence-electron chi connectivity index (χ0n) is 17.4. The second-order valence-electron chi connectivity index (χ2n) is 8.16. The minimum Gasteiger partial charge on any atom is -0.274 e. The maximum absolute atomic E-state index is 13.3. The maximum Gasteiger partial charge on any atom is 0.263 e. The molecule has 0 radical (unpaired) electrons. The number of fused-ring (bicyclic) bond motifs is 1. The molecule has 1 aliphatic heterocycles. The zero-order valence-corrected chi connectivity index (χ0v) is 19.8. The summed E-state index contributed by atoms with van der Waals surface area (Å²) >= 11 is 7.32. The predicted octanol–water partition coefficient (Wildman–Crippen LogP) is 4.84. The fourth-order valence-electron chi connectivity index (χ4n) is 4.70. The number of carbonyl (C=O) groups excluding carboxylic acids is 2. The Morgan fingerprint density at radius 3 is 2.64 bits per heavy atom. The van der Waals surface area contributed by atoms with E-state index in [1.54, 1.807) is 5.38 Å². The van der Waals surface area contributed by atoms with Gasteiger partial charge in [0.15, 0.2) is 5.13 Å². The van der Waals surface area contributed by atoms with E-state index >= 15 is 0 Å². The zero-order chi connectivity index (χ0) is 23.2. The molecular formula is C23H22ClN3O4S2. The number of nitrogens with zero attached hydrogens (tertiary/aromatic N) is 2. The van der Waals surface area contributed by atoms with Crippen LogP contribution in [0.25, 0.3) is 0 Å². The fourth-order valence-corrected chi connectivity index (χ4v) is 6.68. The van der Waals surface area contributed by atoms with Crippen LogP contribution in [-0.2, 0) is 26.0 Å². The number of benzene rings is 2. The third kappa shape index (κ3) is 4.16. The van der Waals surface area contributed by atoms with Crippen LogP contribution in [-0.4, -0.2) is 25.2 Å². The number of aromatic nitrogens is 1. The summed E-state index contributed by atoms with van der Waals surface area (Å²) in [6.45, 7) is 0. The van der Waals surface area contributed by atoms with Crippen molar-refractivity contribution in [2.75, 3.05) is 9.62 Å². The number of hydrogen-bond acceptors (Lipinski definition) is 6. The molecule has 172 valence electrons. The second-order valence-corrected chi connectivity index (χ2v) is 11.2. The first kappa shape index (κ1) is 22.1. The van der Waals surface area contributed by atoms with E-state index in [-0.39, 0.29) is 35.6 Å². The van der Waals surface area contributed by atoms with Gasteiger partial charge < -0.3 is 0 Å². The largest absolute Gasteiger partial charge is 0.274 e. The summed E-state index contributed by atoms with van der Waals surface area (Å²) < 4.78 is 27.5. The average Bonchev–Trinajstić information content (AvgIpc) is 3.40. The lowest BCUT2D eigenvalue weighted by Gasteiger charge is -2.29. The number of nitrogens with one attached hydrogen (secondary N) is 1. The van der Waals surface area contributed by atoms with Crippen molar-refractivity contribution in [3.8, 4) is 0 Å². The first-order valence-corrected chi connectivity index (χ1v) is 13.2. The van der Waals surface area contributed by atoms with Crippen molar-refractivity contribution >= 4 is 55.6 Å². The highest BCUT2D eigenvalue weighted by Crippen LogP contribution is 2.43. The van der Waals surface area contributed by atoms with Gasteiger partial charge in [0.2, 0.25) is 11.8 Å². The SMILES string of the molecule is O=C1CC(C2CCCc3cc(Cl)ccc32)C(=O)N1c1ccc(S(=O)(=O)Nc2nccs2)cc1.[HH]. The quantitative estimate of drug-likeness (QED) is 0.502. The number of imide groups is 1. The van der Waals surface area contributed by atoms with Crippen LogP contribution in [0.4, 0.5) is 10.8 Å². The van der Waals surface area contributed by atoms with E-state index in [4.69, 9.17) is 11.6 Å². The molecule has 2 amide bonds. The fraction of sp³-hybridized carbons (Fsp3) is 0.261. The van der Waals surface area contributed by atoms with Crippen LogP contribution in [0, 0.1) is 5.92 Å². The van der Waals surface area contributed by atoms with Gasteiger partial charge in [-0.3, -0.25) is 19.2 Å². The van der Waals surface area contributed by atoms with Crippen molar-refractivity contribution in [3.05, 3.63) is 70.2 Å². The van der Waals surface area contributed by atoms with Gasteiger partial charge in [0.1, 0.15) is 0 Å². The molecule has 1 fully saturated rings. The van der Waals surface area contributed by atoms with E-state index < -0.39 is 15.9 Å². The molecule has 0 spiro atoms. The van der Waals surface area contributed by atoms with Crippen molar-refractivity contribution < 1.29 is 19.4 Å². The van der Waals surface area contributed by atoms with Crippen molar-refractivity contribution in [1.82, 2.24) is 4.98 Å². The molecule has 2 atom stereocenters. The second kappa shape index (κ2) is 8.55. The van der Waals surface area contributed by atoms with Crippen LogP contribution in [0.15, 0.2) is 58.9 Å². The molecule has 10 heteroatoms. The summed E-state index contributed by atoms with van der Waals surface area (Å²) in [5.41, 5.74) is 2.60. The molecule has 0 bridgehead atoms. The molecule has 2 aliphatic rings. The van der Waals surface area contributed by atoms with Gasteiger partial charge in [0, 0.05) is 24.4 Å². The highest BCUT2D eigenvalue weighted by atomic mass is 35.5. The minimum absolute atomic E-state index is 0. The highest BCUT2D eigenvalue weighted by Gasteiger charge is 2.45. The number of hydrogen-bond donors (Lipinski definition) is 1. The summed E-state index contributed by atoms with van der Waals surface area (Å²) in [6.07, 6.45) is 4.33. The van der Waals surface area contributed by atoms with Gasteiger partial charge in [0.05, 0.1) is 16.5 Å². The smallest absolute Gasteiger partial charge is 0.263 e. The molecule has 1 N–H and O–H groups in total. The number of anilines is 2. The van der Waals surface area contributed by atoms with Gasteiger partial charge >= 0.3 is 0 Å². The molecule has 3 aromatic rings. The Morgan fingerprint density at radius 1 is 1.12 bits per heavy atom. The molecule has 33 heavy (non-hydrogen) atoms. The third-order valence-corrected chi connectivity index (χ3v) is 8.60. The number of thiazole rings is 1. The Morgan fingerprint density at radius 2 is 1.91 bits per heavy atom. The van der Waals surface area contributed by atoms with Crippen LogP contribution in [0.2, 0.25) is 5.02 Å². The van der Waals surface area contributed by atoms with Crippen LogP contribution in [0.5, 0.6) is 0 Å². The predicted molar refractivity (Wildman–Crippen MR) is 129 cm³/mol. The number of rotatable bonds is 5. The Balaban J connectivity index is 0.00000274. The Labute approximate surface area is 201 Å². The van der Waals surface area contributed by atoms with Crippen LogP contribution in [0.1, 0.15) is 37.7 Å². The summed E-state index contributed by atoms with van der Waals surface area (Å²) in [7, 11) is -3.82. The summed E-state index contributed by atoms with van der Waals surface area (Å²) in [5, 5.41) is 2.60. The lowest BCUT2D eigenvalue weighted by Crippen LogP contribution is -2.32. The number of aryl methyl sites for hydroxylation is 1. The monoisotopic (exact) mass is 503 g/mol. The van der Waals surface area contributed by atoms with Gasteiger partial charge in [-0.1, -0.05) is 17.7 Å². The maximum atomic E-state index is 13.3. The Kier molecular flexibility index (Phi) is 5.72. The molecular weight excluding hydrogens is 482 g/mol. The molecule has 2 heterocycles. The number of amides is 2. The Bertz CT molecular complexity index is 1330. The lowest BCUT2D eigenvalue weighted by atomic mass is 9.75. The van der Waals surface area contributed by atoms with Crippen molar-refractivity contribution in [2.24, 2.45) is 5.92 Å². The van der Waals surface area contributed by atoms with Crippen molar-refractivity contribution in [2.45, 2.75) is 36.5 Å². The minimum atomic E-state index is -3.82. The molecule has 5 rings (SSSR count). The van der Waals surface area contributed by atoms with E-state index in [0.717, 1.165) is 30.4 Å². The van der Waals surface area contributed by atoms with E-state index in [0.29, 0.717) is 10.7 Å². The number of carbonyl (C=O) groups is 2. The molecule has 2 unspecified atom stereocenters. The molecule has 1 aromatic heterocycles. The summed E-state index contributed by atoms with van der Waals surface area (Å²) in [4.78, 5) is 31.3. The van der Waals surface area contributed by atoms with Gasteiger partial charge in [-0.05, 0) is 72.7 Å². The molecule has 7 nitrogen and oxygen atoms in total. The van der Waals surface area contributed by atoms with Crippen LogP contribution < -0.4 is 9.62 Å². The van der Waals surface area contributed by atoms with Crippen molar-refractivity contribution in [1.29, 1.82) is 0 Å². The third-order valence-electron chi connectivity index (χ3n) is 6.19. The highest BCUT2D eigenvalue weighted by molar-refractivity contribution is 7.93. The average molecular weight is 504 g/mol. The molecule has 2 aromatic carbocycles. The standard InChI is InChI=1S/C23H20ClN3O4S2.H2/c24-15-4-9-18-14(12-15)2-1-3-19(18)20-13-21(28)27(22(20)29)16-5-7-17(8-6-16)33(30,31)26-23-25-10-11-32-23;/h4-12,19-20H,1-3,13H2,(H,25,26);1H. The van der Waals surface area contributed by atoms with Crippen LogP contribution in [0.3, 0.4) is 0 Å². The first-order chi connectivity index (χ1) is 15.8. The van der Waals surface area contributed by atoms with E-state index in [1.807, 2.05) is 18.2 Å². The molecule has 0 saturated carbocycles. The molecule has 1 aliphatic carbocycles. The normalized spacial score (nSPS) is 20.7. The first-order valence-electron chi connectivity index (χ1n) is 10.5. The summed E-state index contributed by atoms with van der Waals surface area (Å²) in [5.74, 6) is -0.991. The van der Waals surface area contributed by atoms with Crippen LogP contribution >= 0.6 is 22.9 Å². The number of sulfonamides is 1. The van der Waals surface area contributed by atoms with Crippen molar-refractivity contribution in [3.63, 3.8) is 0 Å². The molecule has 1 saturated heterocycles. The topological polar surface area (TPSA) is 96.4 Å². The number of halogens is 1. The van der Waals surface area contributed by atoms with Gasteiger partial charge in [-0.2, -0.15) is 0 Å².